The van der Waals surface area contributed by atoms with Gasteiger partial charge in [-0.05, 0) is 24.4 Å². The number of rotatable bonds is 8. The lowest BCUT2D eigenvalue weighted by Gasteiger charge is -2.36. The second-order valence-electron chi connectivity index (χ2n) is 6.59. The summed E-state index contributed by atoms with van der Waals surface area (Å²) in [4.78, 5) is 22.5. The summed E-state index contributed by atoms with van der Waals surface area (Å²) in [5, 5.41) is 1.39. The van der Waals surface area contributed by atoms with E-state index in [1.807, 2.05) is 18.2 Å². The summed E-state index contributed by atoms with van der Waals surface area (Å²) in [6.07, 6.45) is 0.0238. The molecule has 0 saturated carbocycles. The molecule has 0 amide bonds. The van der Waals surface area contributed by atoms with Crippen molar-refractivity contribution in [2.45, 2.75) is 24.9 Å². The number of pyridine rings is 1. The van der Waals surface area contributed by atoms with Crippen molar-refractivity contribution in [3.05, 3.63) is 46.9 Å². The lowest BCUT2D eigenvalue weighted by molar-refractivity contribution is -0.177. The van der Waals surface area contributed by atoms with Gasteiger partial charge in [0.1, 0.15) is 17.9 Å². The molecule has 0 aliphatic carbocycles. The average Bonchev–Trinajstić information content (AvgIpc) is 3.03. The molecule has 1 aromatic carbocycles. The van der Waals surface area contributed by atoms with Gasteiger partial charge in [-0.2, -0.15) is 0 Å². The third kappa shape index (κ3) is 4.21. The van der Waals surface area contributed by atoms with Crippen LogP contribution < -0.4 is 5.56 Å². The number of nitrogens with zero attached hydrogens (tertiary/aromatic N) is 1. The summed E-state index contributed by atoms with van der Waals surface area (Å²) in [7, 11) is -1.72. The van der Waals surface area contributed by atoms with Gasteiger partial charge >= 0.3 is 7.82 Å². The molecule has 4 atom stereocenters. The van der Waals surface area contributed by atoms with E-state index in [9.17, 15) is 14.3 Å². The van der Waals surface area contributed by atoms with E-state index in [0.29, 0.717) is 5.39 Å². The second kappa shape index (κ2) is 8.42. The molecule has 9 nitrogen and oxygen atoms in total. The molecule has 1 aliphatic heterocycles. The Morgan fingerprint density at radius 1 is 1.36 bits per heavy atom. The largest absolute Gasteiger partial charge is 0.472 e. The third-order valence-electron chi connectivity index (χ3n) is 4.72. The van der Waals surface area contributed by atoms with Gasteiger partial charge in [-0.1, -0.05) is 18.2 Å². The van der Waals surface area contributed by atoms with Crippen molar-refractivity contribution < 1.29 is 32.7 Å². The molecule has 2 unspecified atom stereocenters. The predicted molar refractivity (Wildman–Crippen MR) is 101 cm³/mol. The van der Waals surface area contributed by atoms with Crippen molar-refractivity contribution in [2.75, 3.05) is 34.0 Å². The van der Waals surface area contributed by atoms with E-state index in [1.54, 1.807) is 25.3 Å². The number of methoxy groups -OCH3 is 1. The molecule has 2 aromatic rings. The molecular formula is C18H24NO8P. The fourth-order valence-corrected chi connectivity index (χ4v) is 3.98. The van der Waals surface area contributed by atoms with Gasteiger partial charge in [0.15, 0.2) is 0 Å². The number of ether oxygens (including phenoxy) is 3. The van der Waals surface area contributed by atoms with E-state index in [-0.39, 0.29) is 25.4 Å². The predicted octanol–water partition coefficient (Wildman–Crippen LogP) is 2.08. The zero-order valence-corrected chi connectivity index (χ0v) is 16.8. The van der Waals surface area contributed by atoms with Crippen molar-refractivity contribution >= 4 is 18.6 Å². The quantitative estimate of drug-likeness (QED) is 0.656. The molecular weight excluding hydrogens is 389 g/mol. The number of hydrogen-bond donors (Lipinski definition) is 1. The second-order valence-corrected chi connectivity index (χ2v) is 8.10. The molecule has 1 fully saturated rings. The summed E-state index contributed by atoms with van der Waals surface area (Å²) in [5.74, 6) is 0. The van der Waals surface area contributed by atoms with Crippen molar-refractivity contribution in [3.63, 3.8) is 0 Å². The van der Waals surface area contributed by atoms with Gasteiger partial charge in [0.05, 0.1) is 19.8 Å². The lowest BCUT2D eigenvalue weighted by Crippen LogP contribution is -2.50. The zero-order valence-electron chi connectivity index (χ0n) is 15.9. The summed E-state index contributed by atoms with van der Waals surface area (Å²) < 4.78 is 39.9. The summed E-state index contributed by atoms with van der Waals surface area (Å²) >= 11 is 0. The Hall–Kier alpha value is -1.58. The average molecular weight is 413 g/mol. The Morgan fingerprint density at radius 2 is 2.11 bits per heavy atom. The first-order valence-corrected chi connectivity index (χ1v) is 10.2. The van der Waals surface area contributed by atoms with Crippen LogP contribution >= 0.6 is 7.82 Å². The molecule has 1 aromatic heterocycles. The Bertz CT molecular complexity index is 931. The molecule has 0 bridgehead atoms. The van der Waals surface area contributed by atoms with Gasteiger partial charge in [0.25, 0.3) is 5.56 Å². The van der Waals surface area contributed by atoms with Crippen LogP contribution in [0.1, 0.15) is 13.2 Å². The standard InChI is InChI=1S/C18H24NO8P/c1-13(19-9-8-14-6-4-5-7-15(14)17(19)20)26-18(11-23-2)12-25-10-16(18)27-28(21,22)24-3/h4-9,13,16H,10-12H2,1-3H3,(H,21,22)/t13?,16-,18+/m1/s1. The molecule has 0 radical (unpaired) electrons. The molecule has 2 heterocycles. The highest BCUT2D eigenvalue weighted by atomic mass is 31.2. The Morgan fingerprint density at radius 3 is 2.82 bits per heavy atom. The van der Waals surface area contributed by atoms with Crippen LogP contribution in [0.2, 0.25) is 0 Å². The van der Waals surface area contributed by atoms with Crippen molar-refractivity contribution in [3.8, 4) is 0 Å². The number of hydrogen-bond acceptors (Lipinski definition) is 7. The summed E-state index contributed by atoms with van der Waals surface area (Å²) in [6.45, 7) is 1.84. The topological polar surface area (TPSA) is 105 Å². The SMILES string of the molecule is COC[C@]1(OC(C)n2ccc3ccccc3c2=O)COC[C@H]1OP(=O)(O)OC. The molecule has 1 aliphatic rings. The van der Waals surface area contributed by atoms with E-state index >= 15 is 0 Å². The molecule has 10 heteroatoms. The van der Waals surface area contributed by atoms with Gasteiger partial charge in [-0.25, -0.2) is 4.57 Å². The van der Waals surface area contributed by atoms with Gasteiger partial charge in [0.2, 0.25) is 0 Å². The molecule has 1 N–H and O–H groups in total. The van der Waals surface area contributed by atoms with E-state index < -0.39 is 25.8 Å². The fourth-order valence-electron chi connectivity index (χ4n) is 3.32. The number of fused-ring (bicyclic) bond motifs is 1. The van der Waals surface area contributed by atoms with Gasteiger partial charge in [0, 0.05) is 25.8 Å². The first-order chi connectivity index (χ1) is 13.3. The number of benzene rings is 1. The lowest BCUT2D eigenvalue weighted by atomic mass is 10.0. The van der Waals surface area contributed by atoms with Gasteiger partial charge in [-0.3, -0.25) is 18.4 Å². The summed E-state index contributed by atoms with van der Waals surface area (Å²) in [6, 6.07) is 9.09. The van der Waals surface area contributed by atoms with Crippen LogP contribution in [0, 0.1) is 0 Å². The maximum absolute atomic E-state index is 12.8. The highest BCUT2D eigenvalue weighted by Gasteiger charge is 2.50. The number of phosphoric acid groups is 1. The van der Waals surface area contributed by atoms with E-state index in [2.05, 4.69) is 4.52 Å². The minimum Gasteiger partial charge on any atom is -0.381 e. The molecule has 3 rings (SSSR count). The van der Waals surface area contributed by atoms with Gasteiger partial charge < -0.3 is 19.1 Å². The monoisotopic (exact) mass is 413 g/mol. The van der Waals surface area contributed by atoms with Crippen molar-refractivity contribution in [1.29, 1.82) is 0 Å². The van der Waals surface area contributed by atoms with Crippen molar-refractivity contribution in [2.24, 2.45) is 0 Å². The minimum atomic E-state index is -4.27. The van der Waals surface area contributed by atoms with Gasteiger partial charge in [-0.15, -0.1) is 0 Å². The molecule has 28 heavy (non-hydrogen) atoms. The Balaban J connectivity index is 1.91. The summed E-state index contributed by atoms with van der Waals surface area (Å²) in [5.41, 5.74) is -1.39. The van der Waals surface area contributed by atoms with Crippen LogP contribution in [-0.4, -0.2) is 55.2 Å². The van der Waals surface area contributed by atoms with Crippen LogP contribution in [0.4, 0.5) is 0 Å². The van der Waals surface area contributed by atoms with Crippen LogP contribution in [0.25, 0.3) is 10.8 Å². The van der Waals surface area contributed by atoms with Crippen LogP contribution in [0.3, 0.4) is 0 Å². The molecule has 0 spiro atoms. The fraction of sp³-hybridized carbons (Fsp3) is 0.500. The molecule has 154 valence electrons. The van der Waals surface area contributed by atoms with Crippen molar-refractivity contribution in [1.82, 2.24) is 4.57 Å². The van der Waals surface area contributed by atoms with Crippen LogP contribution in [0.5, 0.6) is 0 Å². The maximum Gasteiger partial charge on any atom is 0.472 e. The van der Waals surface area contributed by atoms with Crippen LogP contribution in [-0.2, 0) is 27.8 Å². The first-order valence-electron chi connectivity index (χ1n) is 8.73. The maximum atomic E-state index is 12.8. The van der Waals surface area contributed by atoms with E-state index in [4.69, 9.17) is 18.7 Å². The zero-order chi connectivity index (χ0) is 20.4. The third-order valence-corrected chi connectivity index (χ3v) is 5.70. The number of aromatic nitrogens is 1. The first kappa shape index (κ1) is 21.1. The number of phosphoric ester groups is 1. The van der Waals surface area contributed by atoms with Crippen LogP contribution in [0.15, 0.2) is 41.3 Å². The Labute approximate surface area is 162 Å². The Kier molecular flexibility index (Phi) is 6.36. The smallest absolute Gasteiger partial charge is 0.381 e. The van der Waals surface area contributed by atoms with E-state index in [1.165, 1.54) is 11.7 Å². The normalized spacial score (nSPS) is 25.6. The van der Waals surface area contributed by atoms with E-state index in [0.717, 1.165) is 12.5 Å². The highest BCUT2D eigenvalue weighted by molar-refractivity contribution is 7.47. The molecule has 1 saturated heterocycles. The highest BCUT2D eigenvalue weighted by Crippen LogP contribution is 2.47. The minimum absolute atomic E-state index is 0.0244.